The molecule has 0 aliphatic heterocycles. The Bertz CT molecular complexity index is 228. The minimum Gasteiger partial charge on any atom is -0.508 e. The van der Waals surface area contributed by atoms with Gasteiger partial charge in [-0.05, 0) is 23.1 Å². The molecule has 0 aromatic heterocycles. The minimum atomic E-state index is 0.174. The van der Waals surface area contributed by atoms with Gasteiger partial charge in [-0.25, -0.2) is 0 Å². The average molecular weight is 180 g/mol. The van der Waals surface area contributed by atoms with Crippen molar-refractivity contribution in [3.8, 4) is 5.75 Å². The van der Waals surface area contributed by atoms with E-state index >= 15 is 0 Å². The predicted octanol–water partition coefficient (Wildman–Crippen LogP) is 3.72. The summed E-state index contributed by atoms with van der Waals surface area (Å²) in [5.74, 6) is 0.331. The van der Waals surface area contributed by atoms with Crippen LogP contribution in [0.25, 0.3) is 0 Å². The lowest BCUT2D eigenvalue weighted by Gasteiger charge is -2.18. The molecule has 13 heavy (non-hydrogen) atoms. The Hall–Kier alpha value is -0.980. The number of aromatic hydroxyl groups is 1. The number of hydrogen-bond donors (Lipinski definition) is 1. The van der Waals surface area contributed by atoms with Gasteiger partial charge in [0.05, 0.1) is 0 Å². The molecule has 0 aliphatic carbocycles. The van der Waals surface area contributed by atoms with E-state index in [1.807, 2.05) is 26.0 Å². The van der Waals surface area contributed by atoms with E-state index in [9.17, 15) is 0 Å². The number of hydrogen-bond acceptors (Lipinski definition) is 1. The summed E-state index contributed by atoms with van der Waals surface area (Å²) in [7, 11) is 0. The fourth-order valence-corrected chi connectivity index (χ4v) is 0.961. The number of benzene rings is 1. The van der Waals surface area contributed by atoms with Crippen molar-refractivity contribution in [3.63, 3.8) is 0 Å². The zero-order valence-electron chi connectivity index (χ0n) is 9.26. The van der Waals surface area contributed by atoms with Crippen LogP contribution in [0.1, 0.15) is 40.2 Å². The molecular formula is C12H20O. The minimum absolute atomic E-state index is 0.174. The summed E-state index contributed by atoms with van der Waals surface area (Å²) in [4.78, 5) is 0. The second-order valence-corrected chi connectivity index (χ2v) is 3.80. The molecule has 1 nitrogen and oxygen atoms in total. The molecule has 0 aliphatic rings. The van der Waals surface area contributed by atoms with Gasteiger partial charge < -0.3 is 5.11 Å². The molecule has 0 saturated heterocycles. The van der Waals surface area contributed by atoms with Crippen molar-refractivity contribution in [2.24, 2.45) is 0 Å². The quantitative estimate of drug-likeness (QED) is 0.645. The van der Waals surface area contributed by atoms with Crippen molar-refractivity contribution < 1.29 is 5.11 Å². The number of phenolic OH excluding ortho intramolecular Hbond substituents is 1. The Morgan fingerprint density at radius 1 is 0.923 bits per heavy atom. The summed E-state index contributed by atoms with van der Waals surface area (Å²) in [6.45, 7) is 10.5. The van der Waals surface area contributed by atoms with Crippen molar-refractivity contribution in [3.05, 3.63) is 29.8 Å². The number of rotatable bonds is 0. The Morgan fingerprint density at radius 2 is 1.31 bits per heavy atom. The molecule has 1 rings (SSSR count). The van der Waals surface area contributed by atoms with Crippen LogP contribution in [0.15, 0.2) is 24.3 Å². The first-order valence-electron chi connectivity index (χ1n) is 4.79. The van der Waals surface area contributed by atoms with Crippen LogP contribution in [0.5, 0.6) is 5.75 Å². The molecule has 74 valence electrons. The second-order valence-electron chi connectivity index (χ2n) is 3.80. The summed E-state index contributed by atoms with van der Waals surface area (Å²) in [5, 5.41) is 9.02. The highest BCUT2D eigenvalue weighted by Gasteiger charge is 2.12. The van der Waals surface area contributed by atoms with E-state index in [0.717, 1.165) is 0 Å². The topological polar surface area (TPSA) is 20.2 Å². The molecule has 1 aromatic carbocycles. The summed E-state index contributed by atoms with van der Waals surface area (Å²) >= 11 is 0. The maximum atomic E-state index is 9.02. The monoisotopic (exact) mass is 180 g/mol. The van der Waals surface area contributed by atoms with Gasteiger partial charge >= 0.3 is 0 Å². The smallest absolute Gasteiger partial charge is 0.115 e. The van der Waals surface area contributed by atoms with E-state index in [0.29, 0.717) is 5.75 Å². The molecule has 1 aromatic rings. The van der Waals surface area contributed by atoms with Gasteiger partial charge in [0.25, 0.3) is 0 Å². The molecule has 0 saturated carbocycles. The van der Waals surface area contributed by atoms with Crippen LogP contribution in [0.4, 0.5) is 0 Å². The first-order valence-corrected chi connectivity index (χ1v) is 4.79. The normalized spacial score (nSPS) is 10.2. The van der Waals surface area contributed by atoms with Crippen molar-refractivity contribution in [1.29, 1.82) is 0 Å². The maximum Gasteiger partial charge on any atom is 0.115 e. The van der Waals surface area contributed by atoms with E-state index < -0.39 is 0 Å². The lowest BCUT2D eigenvalue weighted by molar-refractivity contribution is 0.474. The summed E-state index contributed by atoms with van der Waals surface area (Å²) in [6, 6.07) is 7.35. The second kappa shape index (κ2) is 4.90. The Balaban J connectivity index is 0.000000671. The highest BCUT2D eigenvalue weighted by atomic mass is 16.3. The summed E-state index contributed by atoms with van der Waals surface area (Å²) < 4.78 is 0. The molecule has 1 heteroatoms. The fourth-order valence-electron chi connectivity index (χ4n) is 0.961. The molecule has 0 radical (unpaired) electrons. The molecule has 1 N–H and O–H groups in total. The van der Waals surface area contributed by atoms with Crippen LogP contribution < -0.4 is 0 Å². The van der Waals surface area contributed by atoms with Crippen LogP contribution in [-0.2, 0) is 5.41 Å². The Morgan fingerprint density at radius 3 is 1.62 bits per heavy atom. The number of phenols is 1. The first-order chi connectivity index (χ1) is 6.00. The SMILES string of the molecule is CC.CC(C)(C)c1ccc(O)cc1. The van der Waals surface area contributed by atoms with Gasteiger partial charge in [0.1, 0.15) is 5.75 Å². The predicted molar refractivity (Wildman–Crippen MR) is 58.2 cm³/mol. The Kier molecular flexibility index (Phi) is 4.53. The molecular weight excluding hydrogens is 160 g/mol. The Labute approximate surface area is 81.4 Å². The van der Waals surface area contributed by atoms with Crippen LogP contribution in [0, 0.1) is 0 Å². The summed E-state index contributed by atoms with van der Waals surface area (Å²) in [5.41, 5.74) is 1.42. The lowest BCUT2D eigenvalue weighted by Crippen LogP contribution is -2.10. The standard InChI is InChI=1S/C10H14O.C2H6/c1-10(2,3)8-4-6-9(11)7-5-8;1-2/h4-7,11H,1-3H3;1-2H3. The van der Waals surface area contributed by atoms with Gasteiger partial charge in [0, 0.05) is 0 Å². The highest BCUT2D eigenvalue weighted by Crippen LogP contribution is 2.23. The van der Waals surface area contributed by atoms with Gasteiger partial charge in [-0.3, -0.25) is 0 Å². The van der Waals surface area contributed by atoms with Crippen molar-refractivity contribution in [1.82, 2.24) is 0 Å². The third kappa shape index (κ3) is 3.97. The summed E-state index contributed by atoms with van der Waals surface area (Å²) in [6.07, 6.45) is 0. The highest BCUT2D eigenvalue weighted by molar-refractivity contribution is 5.29. The third-order valence-electron chi connectivity index (χ3n) is 1.73. The lowest BCUT2D eigenvalue weighted by atomic mass is 9.87. The molecule has 0 bridgehead atoms. The van der Waals surface area contributed by atoms with Gasteiger partial charge in [0.2, 0.25) is 0 Å². The van der Waals surface area contributed by atoms with Crippen LogP contribution in [0.2, 0.25) is 0 Å². The van der Waals surface area contributed by atoms with Crippen molar-refractivity contribution in [2.45, 2.75) is 40.0 Å². The van der Waals surface area contributed by atoms with Crippen molar-refractivity contribution in [2.75, 3.05) is 0 Å². The van der Waals surface area contributed by atoms with Crippen molar-refractivity contribution >= 4 is 0 Å². The molecule has 0 atom stereocenters. The van der Waals surface area contributed by atoms with Gasteiger partial charge in [-0.15, -0.1) is 0 Å². The molecule has 0 heterocycles. The first kappa shape index (κ1) is 12.0. The van der Waals surface area contributed by atoms with Crippen LogP contribution in [-0.4, -0.2) is 5.11 Å². The van der Waals surface area contributed by atoms with E-state index in [1.54, 1.807) is 12.1 Å². The molecule has 0 amide bonds. The van der Waals surface area contributed by atoms with Gasteiger partial charge in [-0.1, -0.05) is 46.8 Å². The van der Waals surface area contributed by atoms with E-state index in [-0.39, 0.29) is 5.41 Å². The van der Waals surface area contributed by atoms with Gasteiger partial charge in [-0.2, -0.15) is 0 Å². The largest absolute Gasteiger partial charge is 0.508 e. The van der Waals surface area contributed by atoms with E-state index in [4.69, 9.17) is 5.11 Å². The average Bonchev–Trinajstić information content (AvgIpc) is 2.07. The third-order valence-corrected chi connectivity index (χ3v) is 1.73. The van der Waals surface area contributed by atoms with E-state index in [2.05, 4.69) is 20.8 Å². The molecule has 0 spiro atoms. The maximum absolute atomic E-state index is 9.02. The molecule has 0 fully saturated rings. The zero-order chi connectivity index (χ0) is 10.5. The van der Waals surface area contributed by atoms with Gasteiger partial charge in [0.15, 0.2) is 0 Å². The van der Waals surface area contributed by atoms with E-state index in [1.165, 1.54) is 5.56 Å². The molecule has 0 unspecified atom stereocenters. The van der Waals surface area contributed by atoms with Crippen LogP contribution >= 0.6 is 0 Å². The fraction of sp³-hybridized carbons (Fsp3) is 0.500. The van der Waals surface area contributed by atoms with Crippen LogP contribution in [0.3, 0.4) is 0 Å². The zero-order valence-corrected chi connectivity index (χ0v) is 9.26.